The molecule has 1 aromatic heterocycles. The zero-order valence-electron chi connectivity index (χ0n) is 21.2. The number of rotatable bonds is 0. The molecule has 3 nitrogen and oxygen atoms in total. The Balaban J connectivity index is 1.44. The lowest BCUT2D eigenvalue weighted by Gasteiger charge is -2.37. The molecule has 5 aromatic carbocycles. The van der Waals surface area contributed by atoms with Crippen molar-refractivity contribution in [2.75, 3.05) is 0 Å². The minimum Gasteiger partial charge on any atom is -0.425 e. The first-order valence-electron chi connectivity index (χ1n) is 13.2. The van der Waals surface area contributed by atoms with Crippen molar-refractivity contribution in [3.05, 3.63) is 137 Å². The van der Waals surface area contributed by atoms with Crippen LogP contribution in [0, 0.1) is 0 Å². The maximum atomic E-state index is 6.58. The minimum absolute atomic E-state index is 0.360. The predicted molar refractivity (Wildman–Crippen MR) is 151 cm³/mol. The van der Waals surface area contributed by atoms with E-state index in [-0.39, 0.29) is 11.0 Å². The minimum atomic E-state index is -0.374. The SMILES string of the molecule is CC1(C)c2c(ccc3c2-c2ccccc2C32c3ccccc3-c3ccccc32)Oc2nc3ccccc3n21. The third-order valence-corrected chi connectivity index (χ3v) is 9.03. The van der Waals surface area contributed by atoms with Crippen LogP contribution in [0.15, 0.2) is 109 Å². The first-order valence-corrected chi connectivity index (χ1v) is 13.2. The van der Waals surface area contributed by atoms with Crippen LogP contribution in [0.4, 0.5) is 0 Å². The Morgan fingerprint density at radius 2 is 1.18 bits per heavy atom. The molecule has 0 saturated carbocycles. The maximum Gasteiger partial charge on any atom is 0.303 e. The number of hydrogen-bond donors (Lipinski definition) is 0. The Hall–Kier alpha value is -4.63. The molecule has 2 heterocycles. The van der Waals surface area contributed by atoms with Crippen LogP contribution in [0.1, 0.15) is 41.7 Å². The van der Waals surface area contributed by atoms with Crippen LogP contribution < -0.4 is 4.74 Å². The second-order valence-electron chi connectivity index (χ2n) is 11.1. The smallest absolute Gasteiger partial charge is 0.303 e. The zero-order valence-corrected chi connectivity index (χ0v) is 21.2. The Morgan fingerprint density at radius 3 is 1.89 bits per heavy atom. The van der Waals surface area contributed by atoms with E-state index in [4.69, 9.17) is 9.72 Å². The van der Waals surface area contributed by atoms with Gasteiger partial charge in [0.2, 0.25) is 0 Å². The summed E-state index contributed by atoms with van der Waals surface area (Å²) in [7, 11) is 0. The lowest BCUT2D eigenvalue weighted by atomic mass is 9.70. The van der Waals surface area contributed by atoms with E-state index in [1.54, 1.807) is 0 Å². The van der Waals surface area contributed by atoms with Gasteiger partial charge >= 0.3 is 6.01 Å². The molecule has 0 unspecified atom stereocenters. The van der Waals surface area contributed by atoms with E-state index in [1.807, 2.05) is 6.07 Å². The van der Waals surface area contributed by atoms with Gasteiger partial charge in [0, 0.05) is 5.56 Å². The summed E-state index contributed by atoms with van der Waals surface area (Å²) >= 11 is 0. The van der Waals surface area contributed by atoms with Gasteiger partial charge in [0.1, 0.15) is 5.75 Å². The van der Waals surface area contributed by atoms with E-state index in [0.29, 0.717) is 6.01 Å². The Labute approximate surface area is 221 Å². The summed E-state index contributed by atoms with van der Waals surface area (Å²) in [5, 5.41) is 0. The highest BCUT2D eigenvalue weighted by atomic mass is 16.5. The normalized spacial score (nSPS) is 16.3. The van der Waals surface area contributed by atoms with E-state index in [1.165, 1.54) is 50.1 Å². The molecule has 9 rings (SSSR count). The molecular formula is C35H24N2O. The Morgan fingerprint density at radius 1 is 0.605 bits per heavy atom. The predicted octanol–water partition coefficient (Wildman–Crippen LogP) is 8.27. The van der Waals surface area contributed by atoms with Crippen LogP contribution in [-0.4, -0.2) is 9.55 Å². The van der Waals surface area contributed by atoms with Crippen LogP contribution in [0.5, 0.6) is 11.8 Å². The van der Waals surface area contributed by atoms with E-state index in [9.17, 15) is 0 Å². The van der Waals surface area contributed by atoms with Crippen molar-refractivity contribution in [3.63, 3.8) is 0 Å². The second-order valence-corrected chi connectivity index (χ2v) is 11.1. The van der Waals surface area contributed by atoms with Crippen LogP contribution in [0.3, 0.4) is 0 Å². The summed E-state index contributed by atoms with van der Waals surface area (Å²) in [6, 6.07) is 40.3. The van der Waals surface area contributed by atoms with Gasteiger partial charge in [-0.15, -0.1) is 0 Å². The molecular weight excluding hydrogens is 464 g/mol. The highest BCUT2D eigenvalue weighted by molar-refractivity contribution is 5.97. The average molecular weight is 489 g/mol. The number of benzene rings is 5. The first kappa shape index (κ1) is 20.4. The van der Waals surface area contributed by atoms with Crippen LogP contribution in [-0.2, 0) is 11.0 Å². The molecule has 1 spiro atoms. The summed E-state index contributed by atoms with van der Waals surface area (Å²) in [5.74, 6) is 0.892. The van der Waals surface area contributed by atoms with Gasteiger partial charge in [-0.2, -0.15) is 4.98 Å². The molecule has 0 fully saturated rings. The van der Waals surface area contributed by atoms with Crippen LogP contribution >= 0.6 is 0 Å². The van der Waals surface area contributed by atoms with Gasteiger partial charge in [0.25, 0.3) is 0 Å². The molecule has 2 aliphatic carbocycles. The van der Waals surface area contributed by atoms with E-state index in [0.717, 1.165) is 16.8 Å². The molecule has 3 aliphatic rings. The van der Waals surface area contributed by atoms with E-state index >= 15 is 0 Å². The number of imidazole rings is 1. The molecule has 3 heteroatoms. The standard InChI is InChI=1S/C35H24N2O/c1-34(2)32-30(38-33-36-28-17-9-10-18-29(28)37(33)34)20-19-27-31(32)23-13-5-8-16-26(23)35(27)24-14-6-3-11-21(24)22-12-4-7-15-25(22)35/h3-20H,1-2H3. The van der Waals surface area contributed by atoms with E-state index in [2.05, 4.69) is 122 Å². The average Bonchev–Trinajstić information content (AvgIpc) is 3.57. The lowest BCUT2D eigenvalue weighted by molar-refractivity contribution is 0.307. The van der Waals surface area contributed by atoms with Crippen LogP contribution in [0.2, 0.25) is 0 Å². The molecule has 0 bridgehead atoms. The monoisotopic (exact) mass is 488 g/mol. The van der Waals surface area contributed by atoms with Crippen molar-refractivity contribution in [2.45, 2.75) is 24.8 Å². The van der Waals surface area contributed by atoms with Crippen molar-refractivity contribution in [1.82, 2.24) is 9.55 Å². The number of para-hydroxylation sites is 2. The number of hydrogen-bond acceptors (Lipinski definition) is 2. The van der Waals surface area contributed by atoms with Gasteiger partial charge in [0.05, 0.1) is 22.0 Å². The van der Waals surface area contributed by atoms with Gasteiger partial charge in [-0.1, -0.05) is 91.0 Å². The topological polar surface area (TPSA) is 27.1 Å². The molecule has 180 valence electrons. The van der Waals surface area contributed by atoms with Crippen LogP contribution in [0.25, 0.3) is 33.3 Å². The summed E-state index contributed by atoms with van der Waals surface area (Å²) in [4.78, 5) is 4.86. The summed E-state index contributed by atoms with van der Waals surface area (Å²) in [6.07, 6.45) is 0. The fourth-order valence-electron chi connectivity index (χ4n) is 7.68. The molecule has 38 heavy (non-hydrogen) atoms. The number of aromatic nitrogens is 2. The fraction of sp³-hybridized carbons (Fsp3) is 0.114. The molecule has 0 N–H and O–H groups in total. The maximum absolute atomic E-state index is 6.58. The van der Waals surface area contributed by atoms with Crippen molar-refractivity contribution < 1.29 is 4.74 Å². The Kier molecular flexibility index (Phi) is 3.56. The molecule has 0 radical (unpaired) electrons. The molecule has 0 amide bonds. The Bertz CT molecular complexity index is 1950. The van der Waals surface area contributed by atoms with Gasteiger partial charge in [0.15, 0.2) is 0 Å². The fourth-order valence-corrected chi connectivity index (χ4v) is 7.68. The third kappa shape index (κ3) is 2.14. The largest absolute Gasteiger partial charge is 0.425 e. The second kappa shape index (κ2) is 6.62. The van der Waals surface area contributed by atoms with Gasteiger partial charge < -0.3 is 4.74 Å². The molecule has 1 aliphatic heterocycles. The molecule has 0 atom stereocenters. The van der Waals surface area contributed by atoms with E-state index < -0.39 is 0 Å². The third-order valence-electron chi connectivity index (χ3n) is 9.03. The number of ether oxygens (including phenoxy) is 1. The highest BCUT2D eigenvalue weighted by Crippen LogP contribution is 2.65. The lowest BCUT2D eigenvalue weighted by Crippen LogP contribution is -2.33. The molecule has 0 saturated heterocycles. The van der Waals surface area contributed by atoms with Gasteiger partial charge in [-0.3, -0.25) is 4.57 Å². The summed E-state index contributed by atoms with van der Waals surface area (Å²) in [6.45, 7) is 4.60. The van der Waals surface area contributed by atoms with Crippen molar-refractivity contribution in [1.29, 1.82) is 0 Å². The van der Waals surface area contributed by atoms with Crippen molar-refractivity contribution >= 4 is 11.0 Å². The zero-order chi connectivity index (χ0) is 25.2. The van der Waals surface area contributed by atoms with Crippen molar-refractivity contribution in [3.8, 4) is 34.0 Å². The summed E-state index contributed by atoms with van der Waals surface area (Å²) in [5.41, 5.74) is 13.1. The summed E-state index contributed by atoms with van der Waals surface area (Å²) < 4.78 is 8.85. The van der Waals surface area contributed by atoms with Gasteiger partial charge in [-0.05, 0) is 76.6 Å². The molecule has 6 aromatic rings. The first-order chi connectivity index (χ1) is 18.6. The quantitative estimate of drug-likeness (QED) is 0.215. The number of fused-ring (bicyclic) bond motifs is 15. The van der Waals surface area contributed by atoms with Crippen molar-refractivity contribution in [2.24, 2.45) is 0 Å². The number of nitrogens with zero attached hydrogens (tertiary/aromatic N) is 2. The highest BCUT2D eigenvalue weighted by Gasteiger charge is 2.54. The van der Waals surface area contributed by atoms with Gasteiger partial charge in [-0.25, -0.2) is 0 Å².